The van der Waals surface area contributed by atoms with Gasteiger partial charge in [0.05, 0.1) is 40.2 Å². The number of nitro benzene ring substituents is 2. The Morgan fingerprint density at radius 3 is 2.33 bits per heavy atom. The Labute approximate surface area is 171 Å². The fourth-order valence-corrected chi connectivity index (χ4v) is 3.88. The number of hydrogen-bond acceptors (Lipinski definition) is 10. The van der Waals surface area contributed by atoms with Crippen molar-refractivity contribution in [1.82, 2.24) is 14.7 Å². The molecule has 14 heteroatoms. The van der Waals surface area contributed by atoms with Gasteiger partial charge in [0.2, 0.25) is 16.0 Å². The zero-order valence-electron chi connectivity index (χ0n) is 15.8. The van der Waals surface area contributed by atoms with Gasteiger partial charge in [-0.2, -0.15) is 0 Å². The van der Waals surface area contributed by atoms with Gasteiger partial charge in [0.1, 0.15) is 5.56 Å². The number of aromatic nitrogens is 2. The zero-order valence-corrected chi connectivity index (χ0v) is 16.7. The number of anilines is 1. The molecule has 160 valence electrons. The molecule has 0 bridgehead atoms. The van der Waals surface area contributed by atoms with Gasteiger partial charge in [-0.05, 0) is 13.0 Å². The number of nitrogens with one attached hydrogen (secondary N) is 1. The first kappa shape index (κ1) is 21.5. The minimum absolute atomic E-state index is 0.225. The number of nitrogens with zero attached hydrogens (tertiary/aromatic N) is 5. The molecular formula is C16H18N6O7S. The number of ether oxygens (including phenoxy) is 1. The van der Waals surface area contributed by atoms with Crippen LogP contribution in [0.15, 0.2) is 29.3 Å². The third-order valence-corrected chi connectivity index (χ3v) is 5.85. The molecule has 1 aliphatic rings. The molecule has 30 heavy (non-hydrogen) atoms. The molecule has 0 spiro atoms. The van der Waals surface area contributed by atoms with Gasteiger partial charge in [0.15, 0.2) is 0 Å². The number of nitro groups is 2. The Kier molecular flexibility index (Phi) is 6.19. The summed E-state index contributed by atoms with van der Waals surface area (Å²) in [4.78, 5) is 30.4. The maximum Gasteiger partial charge on any atom is 0.280 e. The Balaban J connectivity index is 1.84. The largest absolute Gasteiger partial charge is 0.378 e. The maximum absolute atomic E-state index is 12.6. The average Bonchev–Trinajstić information content (AvgIpc) is 2.73. The van der Waals surface area contributed by atoms with Crippen molar-refractivity contribution >= 4 is 27.3 Å². The molecule has 13 nitrogen and oxygen atoms in total. The number of hydrogen-bond donors (Lipinski definition) is 1. The SMILES string of the molecule is Cc1c([N+](=O)[O-])cc(S(=O)(=O)NCc2ccnc(N3CCOCC3)n2)cc1[N+](=O)[O-]. The lowest BCUT2D eigenvalue weighted by atomic mass is 10.1. The van der Waals surface area contributed by atoms with Crippen LogP contribution < -0.4 is 9.62 Å². The van der Waals surface area contributed by atoms with Gasteiger partial charge in [-0.3, -0.25) is 20.2 Å². The van der Waals surface area contributed by atoms with Gasteiger partial charge >= 0.3 is 0 Å². The Morgan fingerprint density at radius 1 is 1.17 bits per heavy atom. The third-order valence-electron chi connectivity index (χ3n) is 4.47. The number of rotatable bonds is 7. The van der Waals surface area contributed by atoms with Crippen LogP contribution in [0, 0.1) is 27.2 Å². The summed E-state index contributed by atoms with van der Waals surface area (Å²) < 4.78 is 32.8. The second kappa shape index (κ2) is 8.64. The monoisotopic (exact) mass is 438 g/mol. The first-order valence-electron chi connectivity index (χ1n) is 8.77. The van der Waals surface area contributed by atoms with Gasteiger partial charge in [0, 0.05) is 31.4 Å². The van der Waals surface area contributed by atoms with Crippen molar-refractivity contribution in [2.24, 2.45) is 0 Å². The van der Waals surface area contributed by atoms with Crippen LogP contribution in [-0.2, 0) is 21.3 Å². The molecule has 1 N–H and O–H groups in total. The maximum atomic E-state index is 12.6. The number of benzene rings is 1. The molecule has 1 saturated heterocycles. The van der Waals surface area contributed by atoms with E-state index in [2.05, 4.69) is 14.7 Å². The van der Waals surface area contributed by atoms with Crippen LogP contribution in [0.25, 0.3) is 0 Å². The normalized spacial score (nSPS) is 14.5. The van der Waals surface area contributed by atoms with E-state index in [9.17, 15) is 28.6 Å². The highest BCUT2D eigenvalue weighted by Crippen LogP contribution is 2.31. The summed E-state index contributed by atoms with van der Waals surface area (Å²) in [7, 11) is -4.28. The predicted molar refractivity (Wildman–Crippen MR) is 104 cm³/mol. The van der Waals surface area contributed by atoms with Gasteiger partial charge in [-0.25, -0.2) is 23.1 Å². The lowest BCUT2D eigenvalue weighted by molar-refractivity contribution is -0.395. The molecular weight excluding hydrogens is 420 g/mol. The summed E-state index contributed by atoms with van der Waals surface area (Å²) in [6.07, 6.45) is 1.49. The van der Waals surface area contributed by atoms with E-state index in [1.54, 1.807) is 0 Å². The van der Waals surface area contributed by atoms with Crippen molar-refractivity contribution in [1.29, 1.82) is 0 Å². The van der Waals surface area contributed by atoms with Crippen LogP contribution >= 0.6 is 0 Å². The summed E-state index contributed by atoms with van der Waals surface area (Å²) in [5.41, 5.74) is -1.16. The predicted octanol–water partition coefficient (Wildman–Crippen LogP) is 0.917. The van der Waals surface area contributed by atoms with Crippen molar-refractivity contribution in [2.75, 3.05) is 31.2 Å². The molecule has 0 saturated carbocycles. The van der Waals surface area contributed by atoms with E-state index in [1.165, 1.54) is 19.2 Å². The topological polar surface area (TPSA) is 171 Å². The molecule has 1 aromatic heterocycles. The smallest absolute Gasteiger partial charge is 0.280 e. The number of morpholine rings is 1. The lowest BCUT2D eigenvalue weighted by Crippen LogP contribution is -2.37. The lowest BCUT2D eigenvalue weighted by Gasteiger charge is -2.26. The van der Waals surface area contributed by atoms with Crippen LogP contribution in [0.2, 0.25) is 0 Å². The summed E-state index contributed by atoms with van der Waals surface area (Å²) >= 11 is 0. The molecule has 0 atom stereocenters. The molecule has 0 aliphatic carbocycles. The molecule has 3 rings (SSSR count). The summed E-state index contributed by atoms with van der Waals surface area (Å²) in [6.45, 7) is 3.24. The molecule has 0 unspecified atom stereocenters. The van der Waals surface area contributed by atoms with Gasteiger partial charge in [-0.15, -0.1) is 0 Å². The van der Waals surface area contributed by atoms with Crippen LogP contribution in [-0.4, -0.2) is 54.5 Å². The van der Waals surface area contributed by atoms with Crippen LogP contribution in [0.1, 0.15) is 11.3 Å². The fraction of sp³-hybridized carbons (Fsp3) is 0.375. The van der Waals surface area contributed by atoms with E-state index in [4.69, 9.17) is 4.74 Å². The highest BCUT2D eigenvalue weighted by molar-refractivity contribution is 7.89. The summed E-state index contributed by atoms with van der Waals surface area (Å²) in [5.74, 6) is 0.427. The summed E-state index contributed by atoms with van der Waals surface area (Å²) in [6, 6.07) is 3.11. The molecule has 1 aliphatic heterocycles. The van der Waals surface area contributed by atoms with E-state index in [0.717, 1.165) is 12.1 Å². The van der Waals surface area contributed by atoms with Crippen molar-refractivity contribution < 1.29 is 23.0 Å². The first-order chi connectivity index (χ1) is 14.2. The molecule has 2 heterocycles. The summed E-state index contributed by atoms with van der Waals surface area (Å²) in [5, 5.41) is 22.4. The van der Waals surface area contributed by atoms with E-state index in [-0.39, 0.29) is 12.1 Å². The highest BCUT2D eigenvalue weighted by atomic mass is 32.2. The Bertz CT molecular complexity index is 1050. The first-order valence-corrected chi connectivity index (χ1v) is 10.2. The Hall–Kier alpha value is -3.23. The average molecular weight is 438 g/mol. The number of sulfonamides is 1. The Morgan fingerprint density at radius 2 is 1.77 bits per heavy atom. The minimum atomic E-state index is -4.28. The fourth-order valence-electron chi connectivity index (χ4n) is 2.84. The van der Waals surface area contributed by atoms with E-state index < -0.39 is 36.1 Å². The van der Waals surface area contributed by atoms with Crippen molar-refractivity contribution in [3.8, 4) is 0 Å². The van der Waals surface area contributed by atoms with Crippen LogP contribution in [0.3, 0.4) is 0 Å². The quantitative estimate of drug-likeness (QED) is 0.484. The van der Waals surface area contributed by atoms with Gasteiger partial charge < -0.3 is 9.64 Å². The van der Waals surface area contributed by atoms with Crippen molar-refractivity contribution in [2.45, 2.75) is 18.4 Å². The highest BCUT2D eigenvalue weighted by Gasteiger charge is 2.28. The second-order valence-electron chi connectivity index (χ2n) is 6.37. The zero-order chi connectivity index (χ0) is 21.9. The van der Waals surface area contributed by atoms with E-state index >= 15 is 0 Å². The van der Waals surface area contributed by atoms with Crippen molar-refractivity contribution in [3.63, 3.8) is 0 Å². The van der Waals surface area contributed by atoms with Crippen LogP contribution in [0.5, 0.6) is 0 Å². The van der Waals surface area contributed by atoms with Crippen LogP contribution in [0.4, 0.5) is 17.3 Å². The van der Waals surface area contributed by atoms with Crippen molar-refractivity contribution in [3.05, 3.63) is 55.9 Å². The van der Waals surface area contributed by atoms with Gasteiger partial charge in [-0.1, -0.05) is 0 Å². The van der Waals surface area contributed by atoms with E-state index in [1.807, 2.05) is 4.90 Å². The molecule has 1 aromatic carbocycles. The second-order valence-corrected chi connectivity index (χ2v) is 8.14. The molecule has 0 amide bonds. The van der Waals surface area contributed by atoms with Gasteiger partial charge in [0.25, 0.3) is 11.4 Å². The molecule has 0 radical (unpaired) electrons. The molecule has 1 fully saturated rings. The molecule has 2 aromatic rings. The third kappa shape index (κ3) is 4.67. The minimum Gasteiger partial charge on any atom is -0.378 e. The van der Waals surface area contributed by atoms with E-state index in [0.29, 0.717) is 37.9 Å². The standard InChI is InChI=1S/C16H18N6O7S/c1-11-14(21(23)24)8-13(9-15(11)22(25)26)30(27,28)18-10-12-2-3-17-16(19-12)20-4-6-29-7-5-20/h2-3,8-9,18H,4-7,10H2,1H3.